The molecule has 0 spiro atoms. The van der Waals surface area contributed by atoms with Gasteiger partial charge in [-0.3, -0.25) is 9.59 Å². The normalized spacial score (nSPS) is 10.9. The van der Waals surface area contributed by atoms with Crippen molar-refractivity contribution in [1.29, 1.82) is 0 Å². The molecule has 0 aromatic heterocycles. The number of aliphatic carboxylic acids is 1. The minimum Gasteiger partial charge on any atom is -0.484 e. The lowest BCUT2D eigenvalue weighted by Crippen LogP contribution is -2.33. The first-order valence-electron chi connectivity index (χ1n) is 5.07. The summed E-state index contributed by atoms with van der Waals surface area (Å²) in [6.45, 7) is -1.14. The zero-order valence-corrected chi connectivity index (χ0v) is 9.53. The van der Waals surface area contributed by atoms with Crippen LogP contribution in [0.5, 0.6) is 5.75 Å². The Bertz CT molecular complexity index is 473. The predicted octanol–water partition coefficient (Wildman–Crippen LogP) is 1.28. The highest BCUT2D eigenvalue weighted by molar-refractivity contribution is 5.82. The lowest BCUT2D eigenvalue weighted by atomic mass is 10.2. The molecule has 0 aliphatic rings. The monoisotopic (exact) mass is 277 g/mol. The molecule has 1 aromatic rings. The SMILES string of the molecule is O=C(O)CNC(=O)COc1cccc(C(F)(F)F)c1. The summed E-state index contributed by atoms with van der Waals surface area (Å²) in [5.41, 5.74) is -0.893. The van der Waals surface area contributed by atoms with Crippen LogP contribution in [0, 0.1) is 0 Å². The summed E-state index contributed by atoms with van der Waals surface area (Å²) in [6.07, 6.45) is -4.50. The fraction of sp³-hybridized carbons (Fsp3) is 0.273. The minimum atomic E-state index is -4.50. The van der Waals surface area contributed by atoms with Crippen molar-refractivity contribution in [1.82, 2.24) is 5.32 Å². The van der Waals surface area contributed by atoms with Crippen molar-refractivity contribution in [3.63, 3.8) is 0 Å². The van der Waals surface area contributed by atoms with Crippen molar-refractivity contribution in [3.8, 4) is 5.75 Å². The first-order valence-corrected chi connectivity index (χ1v) is 5.07. The van der Waals surface area contributed by atoms with Crippen LogP contribution in [0.1, 0.15) is 5.56 Å². The Hall–Kier alpha value is -2.25. The third kappa shape index (κ3) is 5.28. The molecule has 2 N–H and O–H groups in total. The third-order valence-electron chi connectivity index (χ3n) is 1.97. The number of halogens is 3. The van der Waals surface area contributed by atoms with Crippen LogP contribution < -0.4 is 10.1 Å². The third-order valence-corrected chi connectivity index (χ3v) is 1.97. The molecule has 8 heteroatoms. The van der Waals surface area contributed by atoms with Crippen LogP contribution in [0.2, 0.25) is 0 Å². The van der Waals surface area contributed by atoms with Crippen LogP contribution in [-0.4, -0.2) is 30.1 Å². The van der Waals surface area contributed by atoms with Gasteiger partial charge in [0.15, 0.2) is 6.61 Å². The molecule has 1 amide bonds. The van der Waals surface area contributed by atoms with E-state index in [-0.39, 0.29) is 5.75 Å². The van der Waals surface area contributed by atoms with E-state index in [1.807, 2.05) is 5.32 Å². The largest absolute Gasteiger partial charge is 0.484 e. The van der Waals surface area contributed by atoms with Gasteiger partial charge in [0.1, 0.15) is 12.3 Å². The Morgan fingerprint density at radius 1 is 1.32 bits per heavy atom. The Labute approximate surface area is 106 Å². The van der Waals surface area contributed by atoms with E-state index in [0.717, 1.165) is 18.2 Å². The van der Waals surface area contributed by atoms with Gasteiger partial charge >= 0.3 is 12.1 Å². The van der Waals surface area contributed by atoms with E-state index in [1.54, 1.807) is 0 Å². The molecule has 0 bridgehead atoms. The number of carbonyl (C=O) groups excluding carboxylic acids is 1. The number of nitrogens with one attached hydrogen (secondary N) is 1. The fourth-order valence-corrected chi connectivity index (χ4v) is 1.14. The Morgan fingerprint density at radius 3 is 2.58 bits per heavy atom. The van der Waals surface area contributed by atoms with Crippen molar-refractivity contribution in [2.45, 2.75) is 6.18 Å². The van der Waals surface area contributed by atoms with E-state index in [0.29, 0.717) is 0 Å². The van der Waals surface area contributed by atoms with Gasteiger partial charge in [0.25, 0.3) is 5.91 Å². The number of rotatable bonds is 5. The van der Waals surface area contributed by atoms with Gasteiger partial charge in [-0.1, -0.05) is 6.07 Å². The van der Waals surface area contributed by atoms with Gasteiger partial charge in [-0.2, -0.15) is 13.2 Å². The number of carboxylic acids is 1. The molecule has 104 valence electrons. The maximum Gasteiger partial charge on any atom is 0.416 e. The van der Waals surface area contributed by atoms with Crippen LogP contribution in [-0.2, 0) is 15.8 Å². The van der Waals surface area contributed by atoms with Crippen molar-refractivity contribution in [2.75, 3.05) is 13.2 Å². The second-order valence-corrected chi connectivity index (χ2v) is 3.48. The minimum absolute atomic E-state index is 0.125. The highest BCUT2D eigenvalue weighted by Crippen LogP contribution is 2.31. The molecule has 0 aliphatic heterocycles. The second kappa shape index (κ2) is 6.07. The fourth-order valence-electron chi connectivity index (χ4n) is 1.14. The molecule has 0 heterocycles. The molecular formula is C11H10F3NO4. The van der Waals surface area contributed by atoms with E-state index >= 15 is 0 Å². The number of amides is 1. The molecule has 0 aliphatic carbocycles. The molecule has 0 saturated carbocycles. The number of benzene rings is 1. The predicted molar refractivity (Wildman–Crippen MR) is 57.6 cm³/mol. The number of alkyl halides is 3. The summed E-state index contributed by atoms with van der Waals surface area (Å²) in [5, 5.41) is 10.3. The standard InChI is InChI=1S/C11H10F3NO4/c12-11(13,14)7-2-1-3-8(4-7)19-6-9(16)15-5-10(17)18/h1-4H,5-6H2,(H,15,16)(H,17,18). The van der Waals surface area contributed by atoms with Gasteiger partial charge in [0.2, 0.25) is 0 Å². The Balaban J connectivity index is 2.54. The number of ether oxygens (including phenoxy) is 1. The van der Waals surface area contributed by atoms with Crippen LogP contribution >= 0.6 is 0 Å². The maximum absolute atomic E-state index is 12.4. The zero-order valence-electron chi connectivity index (χ0n) is 9.53. The summed E-state index contributed by atoms with van der Waals surface area (Å²) in [6, 6.07) is 4.04. The Kier molecular flexibility index (Phi) is 4.74. The second-order valence-electron chi connectivity index (χ2n) is 3.48. The van der Waals surface area contributed by atoms with Crippen LogP contribution in [0.25, 0.3) is 0 Å². The number of carboxylic acid groups (broad SMARTS) is 1. The van der Waals surface area contributed by atoms with Gasteiger partial charge in [-0.05, 0) is 18.2 Å². The van der Waals surface area contributed by atoms with E-state index in [9.17, 15) is 22.8 Å². The van der Waals surface area contributed by atoms with Crippen LogP contribution in [0.4, 0.5) is 13.2 Å². The van der Waals surface area contributed by atoms with Crippen molar-refractivity contribution >= 4 is 11.9 Å². The lowest BCUT2D eigenvalue weighted by Gasteiger charge is -2.09. The molecule has 0 fully saturated rings. The van der Waals surface area contributed by atoms with Crippen molar-refractivity contribution in [2.24, 2.45) is 0 Å². The highest BCUT2D eigenvalue weighted by Gasteiger charge is 2.30. The summed E-state index contributed by atoms with van der Waals surface area (Å²) < 4.78 is 42.0. The summed E-state index contributed by atoms with van der Waals surface area (Å²) in [4.78, 5) is 21.2. The van der Waals surface area contributed by atoms with Crippen LogP contribution in [0.3, 0.4) is 0 Å². The molecule has 5 nitrogen and oxygen atoms in total. The number of hydrogen-bond donors (Lipinski definition) is 2. The topological polar surface area (TPSA) is 75.6 Å². The van der Waals surface area contributed by atoms with Crippen molar-refractivity contribution < 1.29 is 32.6 Å². The van der Waals surface area contributed by atoms with Gasteiger partial charge in [-0.25, -0.2) is 0 Å². The molecule has 0 radical (unpaired) electrons. The number of hydrogen-bond acceptors (Lipinski definition) is 3. The van der Waals surface area contributed by atoms with Gasteiger partial charge in [0.05, 0.1) is 5.56 Å². The first-order chi connectivity index (χ1) is 8.79. The lowest BCUT2D eigenvalue weighted by molar-refractivity contribution is -0.138. The summed E-state index contributed by atoms with van der Waals surface area (Å²) >= 11 is 0. The first kappa shape index (κ1) is 14.8. The maximum atomic E-state index is 12.4. The van der Waals surface area contributed by atoms with Crippen LogP contribution in [0.15, 0.2) is 24.3 Å². The quantitative estimate of drug-likeness (QED) is 0.850. The van der Waals surface area contributed by atoms with E-state index in [4.69, 9.17) is 9.84 Å². The molecule has 0 unspecified atom stereocenters. The average molecular weight is 277 g/mol. The Morgan fingerprint density at radius 2 is 2.00 bits per heavy atom. The summed E-state index contributed by atoms with van der Waals surface area (Å²) in [5.74, 6) is -2.09. The molecule has 19 heavy (non-hydrogen) atoms. The van der Waals surface area contributed by atoms with Gasteiger partial charge in [-0.15, -0.1) is 0 Å². The summed E-state index contributed by atoms with van der Waals surface area (Å²) in [7, 11) is 0. The molecule has 0 atom stereocenters. The molecule has 1 rings (SSSR count). The average Bonchev–Trinajstić information content (AvgIpc) is 2.33. The highest BCUT2D eigenvalue weighted by atomic mass is 19.4. The molecule has 1 aromatic carbocycles. The smallest absolute Gasteiger partial charge is 0.416 e. The van der Waals surface area contributed by atoms with E-state index < -0.39 is 36.8 Å². The molecular weight excluding hydrogens is 267 g/mol. The zero-order chi connectivity index (χ0) is 14.5. The van der Waals surface area contributed by atoms with E-state index in [2.05, 4.69) is 0 Å². The molecule has 0 saturated heterocycles. The van der Waals surface area contributed by atoms with Gasteiger partial charge < -0.3 is 15.2 Å². The van der Waals surface area contributed by atoms with E-state index in [1.165, 1.54) is 6.07 Å². The van der Waals surface area contributed by atoms with Gasteiger partial charge in [0, 0.05) is 0 Å². The number of carbonyl (C=O) groups is 2. The van der Waals surface area contributed by atoms with Crippen molar-refractivity contribution in [3.05, 3.63) is 29.8 Å².